The minimum atomic E-state index is 0.273. The van der Waals surface area contributed by atoms with Crippen LogP contribution in [0.15, 0.2) is 11.4 Å². The maximum Gasteiger partial charge on any atom is 0.0421 e. The molecule has 0 saturated heterocycles. The van der Waals surface area contributed by atoms with Crippen LogP contribution in [0.2, 0.25) is 0 Å². The lowest BCUT2D eigenvalue weighted by atomic mass is 9.73. The Morgan fingerprint density at radius 2 is 1.94 bits per heavy atom. The Hall–Kier alpha value is -0.340. The average molecular weight is 251 g/mol. The Bertz CT molecular complexity index is 348. The monoisotopic (exact) mass is 251 g/mol. The molecule has 0 bridgehead atoms. The quantitative estimate of drug-likeness (QED) is 0.847. The van der Waals surface area contributed by atoms with E-state index in [-0.39, 0.29) is 6.04 Å². The summed E-state index contributed by atoms with van der Waals surface area (Å²) < 4.78 is 0. The molecule has 1 aliphatic carbocycles. The highest BCUT2D eigenvalue weighted by molar-refractivity contribution is 7.10. The molecule has 0 spiro atoms. The standard InChI is InChI=1S/C15H25NS/c1-4-12-5-6-17-15(12)14(16)13-8-10(2)7-11(3)9-13/h5-6,10-11,13-14H,4,7-9,16H2,1-3H3. The molecular formula is C15H25NS. The summed E-state index contributed by atoms with van der Waals surface area (Å²) in [5, 5.41) is 2.20. The first-order chi connectivity index (χ1) is 8.11. The molecule has 96 valence electrons. The highest BCUT2D eigenvalue weighted by atomic mass is 32.1. The van der Waals surface area contributed by atoms with Crippen molar-refractivity contribution in [2.75, 3.05) is 0 Å². The molecule has 0 radical (unpaired) electrons. The van der Waals surface area contributed by atoms with Crippen LogP contribution in [0, 0.1) is 17.8 Å². The molecule has 1 aliphatic rings. The van der Waals surface area contributed by atoms with E-state index in [0.29, 0.717) is 5.92 Å². The third-order valence-electron chi connectivity index (χ3n) is 4.19. The minimum absolute atomic E-state index is 0.273. The smallest absolute Gasteiger partial charge is 0.0421 e. The molecule has 2 N–H and O–H groups in total. The second-order valence-corrected chi connectivity index (χ2v) is 6.81. The molecule has 1 saturated carbocycles. The molecule has 17 heavy (non-hydrogen) atoms. The third-order valence-corrected chi connectivity index (χ3v) is 5.25. The van der Waals surface area contributed by atoms with Crippen LogP contribution in [0.5, 0.6) is 0 Å². The van der Waals surface area contributed by atoms with E-state index in [1.807, 2.05) is 11.3 Å². The predicted molar refractivity (Wildman–Crippen MR) is 76.3 cm³/mol. The first-order valence-corrected chi connectivity index (χ1v) is 7.81. The van der Waals surface area contributed by atoms with Crippen molar-refractivity contribution in [1.82, 2.24) is 0 Å². The Labute approximate surface area is 109 Å². The molecule has 1 fully saturated rings. The van der Waals surface area contributed by atoms with Gasteiger partial charge in [0.25, 0.3) is 0 Å². The van der Waals surface area contributed by atoms with E-state index in [1.165, 1.54) is 29.7 Å². The van der Waals surface area contributed by atoms with Crippen LogP contribution in [0.3, 0.4) is 0 Å². The lowest BCUT2D eigenvalue weighted by Gasteiger charge is -2.35. The lowest BCUT2D eigenvalue weighted by molar-refractivity contribution is 0.194. The van der Waals surface area contributed by atoms with Crippen LogP contribution in [-0.4, -0.2) is 0 Å². The van der Waals surface area contributed by atoms with Crippen LogP contribution < -0.4 is 5.73 Å². The van der Waals surface area contributed by atoms with Gasteiger partial charge in [-0.3, -0.25) is 0 Å². The molecule has 2 heteroatoms. The van der Waals surface area contributed by atoms with Crippen LogP contribution in [0.4, 0.5) is 0 Å². The summed E-state index contributed by atoms with van der Waals surface area (Å²) in [7, 11) is 0. The van der Waals surface area contributed by atoms with Gasteiger partial charge in [-0.15, -0.1) is 11.3 Å². The highest BCUT2D eigenvalue weighted by Crippen LogP contribution is 2.40. The Balaban J connectivity index is 2.11. The Kier molecular flexibility index (Phi) is 4.26. The molecule has 3 atom stereocenters. The summed E-state index contributed by atoms with van der Waals surface area (Å²) in [6, 6.07) is 2.52. The molecule has 1 heterocycles. The maximum atomic E-state index is 6.53. The van der Waals surface area contributed by atoms with Crippen LogP contribution in [-0.2, 0) is 6.42 Å². The summed E-state index contributed by atoms with van der Waals surface area (Å²) >= 11 is 1.85. The molecule has 0 amide bonds. The van der Waals surface area contributed by atoms with Gasteiger partial charge in [0.05, 0.1) is 0 Å². The summed E-state index contributed by atoms with van der Waals surface area (Å²) in [5.41, 5.74) is 7.99. The zero-order valence-corrected chi connectivity index (χ0v) is 12.1. The van der Waals surface area contributed by atoms with Gasteiger partial charge in [-0.05, 0) is 60.4 Å². The average Bonchev–Trinajstić information content (AvgIpc) is 2.74. The van der Waals surface area contributed by atoms with Gasteiger partial charge in [0, 0.05) is 10.9 Å². The van der Waals surface area contributed by atoms with Crippen molar-refractivity contribution < 1.29 is 0 Å². The molecule has 2 rings (SSSR count). The van der Waals surface area contributed by atoms with Crippen molar-refractivity contribution >= 4 is 11.3 Å². The first-order valence-electron chi connectivity index (χ1n) is 6.93. The van der Waals surface area contributed by atoms with E-state index in [4.69, 9.17) is 5.73 Å². The van der Waals surface area contributed by atoms with E-state index < -0.39 is 0 Å². The van der Waals surface area contributed by atoms with Crippen molar-refractivity contribution in [3.8, 4) is 0 Å². The SMILES string of the molecule is CCc1ccsc1C(N)C1CC(C)CC(C)C1. The summed E-state index contributed by atoms with van der Waals surface area (Å²) in [5.74, 6) is 2.39. The van der Waals surface area contributed by atoms with Gasteiger partial charge in [0.15, 0.2) is 0 Å². The van der Waals surface area contributed by atoms with Gasteiger partial charge in [-0.1, -0.05) is 20.8 Å². The topological polar surface area (TPSA) is 26.0 Å². The van der Waals surface area contributed by atoms with E-state index in [0.717, 1.165) is 18.3 Å². The van der Waals surface area contributed by atoms with Crippen LogP contribution in [0.25, 0.3) is 0 Å². The number of aryl methyl sites for hydroxylation is 1. The Morgan fingerprint density at radius 3 is 2.53 bits per heavy atom. The highest BCUT2D eigenvalue weighted by Gasteiger charge is 2.30. The molecule has 1 aromatic rings. The number of rotatable bonds is 3. The molecule has 0 aromatic carbocycles. The number of hydrogen-bond acceptors (Lipinski definition) is 2. The third kappa shape index (κ3) is 2.92. The van der Waals surface area contributed by atoms with Crippen molar-refractivity contribution in [1.29, 1.82) is 0 Å². The minimum Gasteiger partial charge on any atom is -0.323 e. The number of nitrogens with two attached hydrogens (primary N) is 1. The van der Waals surface area contributed by atoms with Crippen molar-refractivity contribution in [2.45, 2.75) is 52.5 Å². The predicted octanol–water partition coefficient (Wildman–Crippen LogP) is 4.38. The molecule has 1 nitrogen and oxygen atoms in total. The zero-order valence-electron chi connectivity index (χ0n) is 11.3. The van der Waals surface area contributed by atoms with E-state index in [1.54, 1.807) is 0 Å². The summed E-state index contributed by atoms with van der Waals surface area (Å²) in [6.07, 6.45) is 5.12. The van der Waals surface area contributed by atoms with Crippen LogP contribution >= 0.6 is 11.3 Å². The van der Waals surface area contributed by atoms with Gasteiger partial charge < -0.3 is 5.73 Å². The molecular weight excluding hydrogens is 226 g/mol. The fourth-order valence-corrected chi connectivity index (χ4v) is 4.54. The van der Waals surface area contributed by atoms with Crippen LogP contribution in [0.1, 0.15) is 56.5 Å². The van der Waals surface area contributed by atoms with Gasteiger partial charge in [0.1, 0.15) is 0 Å². The van der Waals surface area contributed by atoms with E-state index in [9.17, 15) is 0 Å². The van der Waals surface area contributed by atoms with Gasteiger partial charge >= 0.3 is 0 Å². The lowest BCUT2D eigenvalue weighted by Crippen LogP contribution is -2.29. The molecule has 1 aromatic heterocycles. The van der Waals surface area contributed by atoms with E-state index in [2.05, 4.69) is 32.2 Å². The maximum absolute atomic E-state index is 6.53. The molecule has 3 unspecified atom stereocenters. The normalized spacial score (nSPS) is 31.4. The second-order valence-electron chi connectivity index (χ2n) is 5.87. The summed E-state index contributed by atoms with van der Waals surface area (Å²) in [4.78, 5) is 1.44. The molecule has 0 aliphatic heterocycles. The summed E-state index contributed by atoms with van der Waals surface area (Å²) in [6.45, 7) is 6.99. The largest absolute Gasteiger partial charge is 0.323 e. The fraction of sp³-hybridized carbons (Fsp3) is 0.733. The number of hydrogen-bond donors (Lipinski definition) is 1. The van der Waals surface area contributed by atoms with Crippen molar-refractivity contribution in [2.24, 2.45) is 23.5 Å². The van der Waals surface area contributed by atoms with Gasteiger partial charge in [-0.25, -0.2) is 0 Å². The fourth-order valence-electron chi connectivity index (χ4n) is 3.45. The zero-order chi connectivity index (χ0) is 12.4. The van der Waals surface area contributed by atoms with Crippen molar-refractivity contribution in [3.63, 3.8) is 0 Å². The number of thiophene rings is 1. The Morgan fingerprint density at radius 1 is 1.29 bits per heavy atom. The second kappa shape index (κ2) is 5.53. The van der Waals surface area contributed by atoms with Crippen molar-refractivity contribution in [3.05, 3.63) is 21.9 Å². The van der Waals surface area contributed by atoms with Gasteiger partial charge in [0.2, 0.25) is 0 Å². The van der Waals surface area contributed by atoms with Gasteiger partial charge in [-0.2, -0.15) is 0 Å². The first kappa shape index (κ1) is 13.1. The van der Waals surface area contributed by atoms with E-state index >= 15 is 0 Å².